The maximum atomic E-state index is 15.7. The van der Waals surface area contributed by atoms with Crippen LogP contribution in [0, 0.1) is 17.7 Å². The number of halogens is 2. The van der Waals surface area contributed by atoms with Crippen molar-refractivity contribution in [3.05, 3.63) is 47.8 Å². The third kappa shape index (κ3) is 3.39. The fourth-order valence-electron chi connectivity index (χ4n) is 5.11. The van der Waals surface area contributed by atoms with Gasteiger partial charge in [-0.05, 0) is 43.2 Å². The molecule has 4 aromatic rings. The summed E-state index contributed by atoms with van der Waals surface area (Å²) in [7, 11) is 0. The lowest BCUT2D eigenvalue weighted by molar-refractivity contribution is 0.157. The van der Waals surface area contributed by atoms with E-state index >= 15 is 4.39 Å². The van der Waals surface area contributed by atoms with Crippen LogP contribution in [0.5, 0.6) is 0 Å². The molecule has 3 aliphatic rings. The first-order valence-corrected chi connectivity index (χ1v) is 11.3. The summed E-state index contributed by atoms with van der Waals surface area (Å²) < 4.78 is 15.7. The number of aromatic amines is 1. The third-order valence-electron chi connectivity index (χ3n) is 6.72. The molecule has 0 amide bonds. The first-order valence-electron chi connectivity index (χ1n) is 10.9. The van der Waals surface area contributed by atoms with Crippen molar-refractivity contribution >= 4 is 28.6 Å². The molecule has 0 spiro atoms. The summed E-state index contributed by atoms with van der Waals surface area (Å²) in [6.45, 7) is 0. The smallest absolute Gasteiger partial charge is 0.193 e. The molecule has 2 N–H and O–H groups in total. The quantitative estimate of drug-likeness (QED) is 0.441. The van der Waals surface area contributed by atoms with Crippen LogP contribution in [0.3, 0.4) is 0 Å². The highest BCUT2D eigenvalue weighted by Crippen LogP contribution is 2.43. The van der Waals surface area contributed by atoms with Crippen LogP contribution < -0.4 is 5.32 Å². The van der Waals surface area contributed by atoms with Gasteiger partial charge < -0.3 is 10.3 Å². The van der Waals surface area contributed by atoms with Crippen molar-refractivity contribution in [3.8, 4) is 22.8 Å². The first-order chi connectivity index (χ1) is 15.7. The van der Waals surface area contributed by atoms with Crippen molar-refractivity contribution in [1.29, 1.82) is 0 Å². The maximum absolute atomic E-state index is 15.7. The summed E-state index contributed by atoms with van der Waals surface area (Å²) >= 11 is 6.07. The van der Waals surface area contributed by atoms with Crippen LogP contribution in [0.2, 0.25) is 5.15 Å². The lowest BCUT2D eigenvalue weighted by Crippen LogP contribution is -2.40. The van der Waals surface area contributed by atoms with Crippen molar-refractivity contribution in [3.63, 3.8) is 0 Å². The molecule has 7 nitrogen and oxygen atoms in total. The Morgan fingerprint density at radius 3 is 2.69 bits per heavy atom. The Bertz CT molecular complexity index is 1280. The van der Waals surface area contributed by atoms with E-state index in [-0.39, 0.29) is 22.7 Å². The van der Waals surface area contributed by atoms with E-state index in [1.54, 1.807) is 24.5 Å². The summed E-state index contributed by atoms with van der Waals surface area (Å²) in [5, 5.41) is 3.69. The van der Waals surface area contributed by atoms with Crippen LogP contribution in [-0.2, 0) is 0 Å². The molecule has 32 heavy (non-hydrogen) atoms. The minimum absolute atomic E-state index is 0.156. The molecule has 0 aromatic carbocycles. The Hall–Kier alpha value is -3.13. The van der Waals surface area contributed by atoms with Gasteiger partial charge in [-0.2, -0.15) is 0 Å². The second kappa shape index (κ2) is 7.78. The molecule has 3 saturated carbocycles. The second-order valence-corrected chi connectivity index (χ2v) is 9.02. The number of nitrogens with one attached hydrogen (secondary N) is 2. The van der Waals surface area contributed by atoms with Gasteiger partial charge in [0, 0.05) is 18.4 Å². The second-order valence-electron chi connectivity index (χ2n) is 8.63. The maximum Gasteiger partial charge on any atom is 0.193 e. The Morgan fingerprint density at radius 1 is 1.06 bits per heavy atom. The van der Waals surface area contributed by atoms with Gasteiger partial charge in [0.25, 0.3) is 0 Å². The number of H-pyrrole nitrogens is 1. The van der Waals surface area contributed by atoms with Gasteiger partial charge in [0.1, 0.15) is 16.4 Å². The van der Waals surface area contributed by atoms with Gasteiger partial charge >= 0.3 is 0 Å². The van der Waals surface area contributed by atoms with Crippen LogP contribution in [0.4, 0.5) is 10.2 Å². The summed E-state index contributed by atoms with van der Waals surface area (Å²) in [5.74, 6) is 1.32. The van der Waals surface area contributed by atoms with Crippen molar-refractivity contribution in [2.24, 2.45) is 11.8 Å². The predicted molar refractivity (Wildman–Crippen MR) is 121 cm³/mol. The van der Waals surface area contributed by atoms with E-state index in [9.17, 15) is 0 Å². The lowest BCUT2D eigenvalue weighted by Gasteiger charge is -2.42. The Kier molecular flexibility index (Phi) is 4.75. The van der Waals surface area contributed by atoms with Crippen LogP contribution >= 0.6 is 11.6 Å². The number of nitrogens with zero attached hydrogens (tertiary/aromatic N) is 5. The molecule has 1 atom stereocenters. The molecular weight excluding hydrogens is 429 g/mol. The zero-order valence-corrected chi connectivity index (χ0v) is 18.0. The molecule has 2 bridgehead atoms. The average Bonchev–Trinajstić information content (AvgIpc) is 3.25. The Balaban J connectivity index is 1.48. The van der Waals surface area contributed by atoms with Crippen molar-refractivity contribution in [1.82, 2.24) is 29.9 Å². The molecule has 162 valence electrons. The lowest BCUT2D eigenvalue weighted by atomic mass is 9.68. The molecule has 3 fully saturated rings. The Morgan fingerprint density at radius 2 is 1.94 bits per heavy atom. The average molecular weight is 450 g/mol. The van der Waals surface area contributed by atoms with Crippen molar-refractivity contribution in [2.45, 2.75) is 38.1 Å². The van der Waals surface area contributed by atoms with Crippen LogP contribution in [0.25, 0.3) is 33.9 Å². The van der Waals surface area contributed by atoms with Gasteiger partial charge in [0.15, 0.2) is 23.1 Å². The third-order valence-corrected chi connectivity index (χ3v) is 6.90. The van der Waals surface area contributed by atoms with E-state index in [1.165, 1.54) is 31.9 Å². The molecule has 0 radical (unpaired) electrons. The van der Waals surface area contributed by atoms with Gasteiger partial charge in [-0.25, -0.2) is 24.3 Å². The molecule has 3 aliphatic carbocycles. The number of aromatic nitrogens is 6. The van der Waals surface area contributed by atoms with E-state index in [0.29, 0.717) is 40.1 Å². The van der Waals surface area contributed by atoms with Crippen molar-refractivity contribution < 1.29 is 4.39 Å². The number of anilines is 1. The summed E-state index contributed by atoms with van der Waals surface area (Å²) in [4.78, 5) is 25.2. The highest BCUT2D eigenvalue weighted by atomic mass is 35.5. The van der Waals surface area contributed by atoms with E-state index in [4.69, 9.17) is 11.6 Å². The van der Waals surface area contributed by atoms with E-state index in [0.717, 1.165) is 6.42 Å². The fraction of sp³-hybridized carbons (Fsp3) is 0.348. The monoisotopic (exact) mass is 449 g/mol. The largest absolute Gasteiger partial charge is 0.364 e. The fourth-order valence-corrected chi connectivity index (χ4v) is 5.24. The van der Waals surface area contributed by atoms with Crippen LogP contribution in [-0.4, -0.2) is 35.9 Å². The van der Waals surface area contributed by atoms with Crippen molar-refractivity contribution in [2.75, 3.05) is 5.32 Å². The SMILES string of the molecule is Fc1c(N[C@@H]2CC3CCC2CC3)nc(-c2c[nH]c3ncc(Cl)nc23)nc1-c1ccccn1. The van der Waals surface area contributed by atoms with E-state index in [2.05, 4.69) is 35.2 Å². The minimum atomic E-state index is -0.488. The number of hydrogen-bond acceptors (Lipinski definition) is 6. The summed E-state index contributed by atoms with van der Waals surface area (Å²) in [5.41, 5.74) is 2.32. The molecule has 4 aromatic heterocycles. The molecule has 7 rings (SSSR count). The Labute approximate surface area is 188 Å². The molecular formula is C23H21ClFN7. The van der Waals surface area contributed by atoms with Gasteiger partial charge in [-0.1, -0.05) is 30.5 Å². The zero-order valence-electron chi connectivity index (χ0n) is 17.2. The molecule has 0 saturated heterocycles. The highest BCUT2D eigenvalue weighted by molar-refractivity contribution is 6.29. The molecule has 0 aliphatic heterocycles. The van der Waals surface area contributed by atoms with Gasteiger partial charge in [-0.15, -0.1) is 0 Å². The number of fused-ring (bicyclic) bond motifs is 4. The standard InChI is InChI=1S/C23H21ClFN7/c24-17-11-28-23-19(30-17)14(10-27-23)21-31-20(15-3-1-2-8-26-15)18(25)22(32-21)29-16-9-12-4-6-13(16)7-5-12/h1-3,8,10-13,16H,4-7,9H2,(H,27,28)(H,29,31,32)/t12?,13?,16-/m1/s1. The predicted octanol–water partition coefficient (Wildman–Crippen LogP) is 5.26. The molecule has 9 heteroatoms. The molecule has 0 unspecified atom stereocenters. The van der Waals surface area contributed by atoms with Crippen LogP contribution in [0.15, 0.2) is 36.8 Å². The summed E-state index contributed by atoms with van der Waals surface area (Å²) in [6.07, 6.45) is 10.8. The van der Waals surface area contributed by atoms with Gasteiger partial charge in [0.05, 0.1) is 17.5 Å². The number of rotatable bonds is 4. The van der Waals surface area contributed by atoms with Crippen LogP contribution in [0.1, 0.15) is 32.1 Å². The summed E-state index contributed by atoms with van der Waals surface area (Å²) in [6, 6.07) is 5.56. The van der Waals surface area contributed by atoms with E-state index < -0.39 is 5.82 Å². The normalized spacial score (nSPS) is 22.4. The van der Waals surface area contributed by atoms with Gasteiger partial charge in [-0.3, -0.25) is 4.98 Å². The van der Waals surface area contributed by atoms with E-state index in [1.807, 2.05) is 6.07 Å². The highest BCUT2D eigenvalue weighted by Gasteiger charge is 2.36. The van der Waals surface area contributed by atoms with Gasteiger partial charge in [0.2, 0.25) is 0 Å². The topological polar surface area (TPSA) is 92.3 Å². The number of pyridine rings is 1. The number of hydrogen-bond donors (Lipinski definition) is 2. The zero-order chi connectivity index (χ0) is 21.7. The first kappa shape index (κ1) is 19.5. The minimum Gasteiger partial charge on any atom is -0.364 e. The molecule has 4 heterocycles.